The fraction of sp³-hybridized carbons (Fsp3) is 0.500. The van der Waals surface area contributed by atoms with E-state index in [0.29, 0.717) is 12.6 Å². The van der Waals surface area contributed by atoms with Gasteiger partial charge in [0.25, 0.3) is 0 Å². The highest BCUT2D eigenvalue weighted by Gasteiger charge is 2.25. The molecule has 4 heteroatoms. The van der Waals surface area contributed by atoms with Crippen LogP contribution in [0.2, 0.25) is 0 Å². The quantitative estimate of drug-likeness (QED) is 0.753. The molecule has 1 aromatic rings. The Bertz CT molecular complexity index is 343. The Hall–Kier alpha value is -0.610. The molecule has 2 nitrogen and oxygen atoms in total. The Morgan fingerprint density at radius 3 is 3.07 bits per heavy atom. The standard InChI is InChI=1S/C10H13FN2S/c1-7(6-14)13-4-8-9(11)2-3-12-10(8)5-13/h2-3,7,14H,4-6H2,1H3. The third-order valence-electron chi connectivity index (χ3n) is 2.69. The predicted molar refractivity (Wildman–Crippen MR) is 56.8 cm³/mol. The number of fused-ring (bicyclic) bond motifs is 1. The monoisotopic (exact) mass is 212 g/mol. The van der Waals surface area contributed by atoms with Crippen molar-refractivity contribution in [2.24, 2.45) is 0 Å². The van der Waals surface area contributed by atoms with Gasteiger partial charge in [-0.15, -0.1) is 0 Å². The van der Waals surface area contributed by atoms with Crippen molar-refractivity contribution in [1.29, 1.82) is 0 Å². The fourth-order valence-corrected chi connectivity index (χ4v) is 1.92. The molecule has 0 saturated heterocycles. The Labute approximate surface area is 88.6 Å². The van der Waals surface area contributed by atoms with Gasteiger partial charge in [0.1, 0.15) is 5.82 Å². The van der Waals surface area contributed by atoms with Crippen LogP contribution >= 0.6 is 12.6 Å². The van der Waals surface area contributed by atoms with E-state index in [-0.39, 0.29) is 5.82 Å². The molecular formula is C10H13FN2S. The summed E-state index contributed by atoms with van der Waals surface area (Å²) < 4.78 is 13.3. The molecular weight excluding hydrogens is 199 g/mol. The molecule has 2 rings (SSSR count). The van der Waals surface area contributed by atoms with E-state index in [1.165, 1.54) is 12.3 Å². The summed E-state index contributed by atoms with van der Waals surface area (Å²) in [5, 5.41) is 0. The average molecular weight is 212 g/mol. The van der Waals surface area contributed by atoms with Crippen LogP contribution in [0, 0.1) is 5.82 Å². The lowest BCUT2D eigenvalue weighted by molar-refractivity contribution is 0.228. The molecule has 1 atom stereocenters. The second-order valence-corrected chi connectivity index (χ2v) is 4.02. The number of aromatic nitrogens is 1. The van der Waals surface area contributed by atoms with E-state index in [1.807, 2.05) is 0 Å². The number of hydrogen-bond acceptors (Lipinski definition) is 3. The van der Waals surface area contributed by atoms with Crippen LogP contribution in [-0.2, 0) is 13.1 Å². The number of pyridine rings is 1. The summed E-state index contributed by atoms with van der Waals surface area (Å²) in [6.45, 7) is 3.50. The Kier molecular flexibility index (Phi) is 2.74. The van der Waals surface area contributed by atoms with Gasteiger partial charge in [-0.25, -0.2) is 4.39 Å². The van der Waals surface area contributed by atoms with Gasteiger partial charge >= 0.3 is 0 Å². The molecule has 1 aliphatic heterocycles. The second kappa shape index (κ2) is 3.87. The maximum absolute atomic E-state index is 13.3. The molecule has 0 bridgehead atoms. The number of nitrogens with zero attached hydrogens (tertiary/aromatic N) is 2. The largest absolute Gasteiger partial charge is 0.290 e. The summed E-state index contributed by atoms with van der Waals surface area (Å²) in [5.41, 5.74) is 1.62. The van der Waals surface area contributed by atoms with Crippen molar-refractivity contribution in [2.75, 3.05) is 5.75 Å². The van der Waals surface area contributed by atoms with E-state index >= 15 is 0 Å². The van der Waals surface area contributed by atoms with Gasteiger partial charge in [-0.3, -0.25) is 9.88 Å². The number of halogens is 1. The van der Waals surface area contributed by atoms with Gasteiger partial charge in [0.15, 0.2) is 0 Å². The Morgan fingerprint density at radius 1 is 1.64 bits per heavy atom. The van der Waals surface area contributed by atoms with Gasteiger partial charge < -0.3 is 0 Å². The molecule has 1 aromatic heterocycles. The SMILES string of the molecule is CC(CS)N1Cc2nccc(F)c2C1. The van der Waals surface area contributed by atoms with Crippen LogP contribution in [0.15, 0.2) is 12.3 Å². The normalized spacial score (nSPS) is 18.2. The third-order valence-corrected chi connectivity index (χ3v) is 3.22. The van der Waals surface area contributed by atoms with E-state index in [0.717, 1.165) is 23.6 Å². The fourth-order valence-electron chi connectivity index (χ4n) is 1.69. The van der Waals surface area contributed by atoms with Crippen molar-refractivity contribution in [3.8, 4) is 0 Å². The van der Waals surface area contributed by atoms with Crippen LogP contribution in [0.4, 0.5) is 4.39 Å². The van der Waals surface area contributed by atoms with Crippen LogP contribution in [0.1, 0.15) is 18.2 Å². The van der Waals surface area contributed by atoms with Crippen molar-refractivity contribution in [3.05, 3.63) is 29.3 Å². The molecule has 0 amide bonds. The topological polar surface area (TPSA) is 16.1 Å². The van der Waals surface area contributed by atoms with E-state index in [2.05, 4.69) is 29.4 Å². The van der Waals surface area contributed by atoms with Gasteiger partial charge in [0.05, 0.1) is 5.69 Å². The lowest BCUT2D eigenvalue weighted by Crippen LogP contribution is -2.29. The van der Waals surface area contributed by atoms with Gasteiger partial charge in [-0.1, -0.05) is 0 Å². The summed E-state index contributed by atoms with van der Waals surface area (Å²) in [4.78, 5) is 6.37. The molecule has 0 radical (unpaired) electrons. The molecule has 0 saturated carbocycles. The molecule has 1 unspecified atom stereocenters. The first kappa shape index (κ1) is 9.93. The van der Waals surface area contributed by atoms with Gasteiger partial charge in [0.2, 0.25) is 0 Å². The highest BCUT2D eigenvalue weighted by Crippen LogP contribution is 2.24. The molecule has 0 N–H and O–H groups in total. The highest BCUT2D eigenvalue weighted by atomic mass is 32.1. The van der Waals surface area contributed by atoms with Gasteiger partial charge in [-0.2, -0.15) is 12.6 Å². The van der Waals surface area contributed by atoms with Gasteiger partial charge in [0, 0.05) is 36.6 Å². The maximum Gasteiger partial charge on any atom is 0.131 e. The molecule has 0 fully saturated rings. The van der Waals surface area contributed by atoms with Gasteiger partial charge in [-0.05, 0) is 13.0 Å². The van der Waals surface area contributed by atoms with Crippen molar-refractivity contribution >= 4 is 12.6 Å². The maximum atomic E-state index is 13.3. The van der Waals surface area contributed by atoms with E-state index in [4.69, 9.17) is 0 Å². The first-order chi connectivity index (χ1) is 6.72. The lowest BCUT2D eigenvalue weighted by Gasteiger charge is -2.21. The van der Waals surface area contributed by atoms with E-state index < -0.39 is 0 Å². The summed E-state index contributed by atoms with van der Waals surface area (Å²) in [7, 11) is 0. The minimum Gasteiger partial charge on any atom is -0.290 e. The summed E-state index contributed by atoms with van der Waals surface area (Å²) in [6.07, 6.45) is 1.53. The lowest BCUT2D eigenvalue weighted by atomic mass is 10.2. The first-order valence-electron chi connectivity index (χ1n) is 4.69. The Balaban J connectivity index is 2.22. The van der Waals surface area contributed by atoms with Crippen LogP contribution in [0.25, 0.3) is 0 Å². The third kappa shape index (κ3) is 1.64. The van der Waals surface area contributed by atoms with Crippen LogP contribution in [-0.4, -0.2) is 21.7 Å². The number of thiol groups is 1. The molecule has 2 heterocycles. The molecule has 14 heavy (non-hydrogen) atoms. The molecule has 0 aromatic carbocycles. The highest BCUT2D eigenvalue weighted by molar-refractivity contribution is 7.80. The molecule has 0 spiro atoms. The minimum absolute atomic E-state index is 0.135. The van der Waals surface area contributed by atoms with Crippen molar-refractivity contribution in [3.63, 3.8) is 0 Å². The van der Waals surface area contributed by atoms with Crippen molar-refractivity contribution < 1.29 is 4.39 Å². The number of rotatable bonds is 2. The zero-order valence-corrected chi connectivity index (χ0v) is 8.97. The van der Waals surface area contributed by atoms with Crippen LogP contribution in [0.3, 0.4) is 0 Å². The summed E-state index contributed by atoms with van der Waals surface area (Å²) >= 11 is 4.24. The molecule has 1 aliphatic rings. The van der Waals surface area contributed by atoms with Crippen LogP contribution < -0.4 is 0 Å². The van der Waals surface area contributed by atoms with E-state index in [9.17, 15) is 4.39 Å². The Morgan fingerprint density at radius 2 is 2.43 bits per heavy atom. The predicted octanol–water partition coefficient (Wildman–Crippen LogP) is 1.85. The average Bonchev–Trinajstić information content (AvgIpc) is 2.62. The zero-order valence-electron chi connectivity index (χ0n) is 8.07. The minimum atomic E-state index is -0.135. The summed E-state index contributed by atoms with van der Waals surface area (Å²) in [5.74, 6) is 0.652. The number of hydrogen-bond donors (Lipinski definition) is 1. The smallest absolute Gasteiger partial charge is 0.131 e. The molecule has 76 valence electrons. The van der Waals surface area contributed by atoms with Crippen LogP contribution in [0.5, 0.6) is 0 Å². The summed E-state index contributed by atoms with van der Waals surface area (Å²) in [6, 6.07) is 1.79. The van der Waals surface area contributed by atoms with Crippen molar-refractivity contribution in [1.82, 2.24) is 9.88 Å². The second-order valence-electron chi connectivity index (χ2n) is 3.65. The zero-order chi connectivity index (χ0) is 10.1. The first-order valence-corrected chi connectivity index (χ1v) is 5.32. The van der Waals surface area contributed by atoms with E-state index in [1.54, 1.807) is 0 Å². The van der Waals surface area contributed by atoms with Crippen molar-refractivity contribution in [2.45, 2.75) is 26.1 Å². The molecule has 0 aliphatic carbocycles.